The van der Waals surface area contributed by atoms with E-state index in [2.05, 4.69) is 30.9 Å². The topological polar surface area (TPSA) is 226 Å². The Bertz CT molecular complexity index is 2910. The van der Waals surface area contributed by atoms with Crippen molar-refractivity contribution in [3.63, 3.8) is 0 Å². The Morgan fingerprint density at radius 1 is 0.952 bits per heavy atom. The molecule has 16 heteroatoms. The van der Waals surface area contributed by atoms with Gasteiger partial charge in [-0.2, -0.15) is 11.8 Å². The van der Waals surface area contributed by atoms with Crippen LogP contribution < -0.4 is 27.1 Å². The van der Waals surface area contributed by atoms with Crippen molar-refractivity contribution in [2.24, 2.45) is 15.7 Å². The summed E-state index contributed by atoms with van der Waals surface area (Å²) >= 11 is 1.33. The van der Waals surface area contributed by atoms with Crippen LogP contribution in [0.4, 0.5) is 11.5 Å². The number of rotatable bonds is 15. The largest absolute Gasteiger partial charge is 0.508 e. The van der Waals surface area contributed by atoms with Crippen molar-refractivity contribution in [3.05, 3.63) is 153 Å². The molecule has 2 amide bonds. The minimum absolute atomic E-state index is 0.00716. The Balaban J connectivity index is 0.764. The van der Waals surface area contributed by atoms with Crippen molar-refractivity contribution in [3.8, 4) is 28.2 Å². The average molecular weight is 863 g/mol. The highest BCUT2D eigenvalue weighted by Crippen LogP contribution is 2.42. The summed E-state index contributed by atoms with van der Waals surface area (Å²) in [6.45, 7) is 3.19. The molecule has 0 saturated carbocycles. The number of aromatic amines is 1. The van der Waals surface area contributed by atoms with E-state index in [0.717, 1.165) is 28.0 Å². The van der Waals surface area contributed by atoms with E-state index in [9.17, 15) is 24.3 Å². The van der Waals surface area contributed by atoms with Crippen molar-refractivity contribution < 1.29 is 28.6 Å². The second kappa shape index (κ2) is 19.0. The van der Waals surface area contributed by atoms with Gasteiger partial charge in [-0.25, -0.2) is 9.98 Å². The summed E-state index contributed by atoms with van der Waals surface area (Å²) in [6, 6.07) is 30.0. The van der Waals surface area contributed by atoms with Crippen LogP contribution in [0.5, 0.6) is 5.75 Å². The molecule has 3 aliphatic rings. The number of nitrogens with zero attached hydrogens (tertiary/aromatic N) is 3. The zero-order chi connectivity index (χ0) is 43.9. The number of phenols is 1. The zero-order valence-corrected chi connectivity index (χ0v) is 34.8. The molecule has 15 nitrogen and oxygen atoms in total. The monoisotopic (exact) mass is 862 g/mol. The smallest absolute Gasteiger partial charge is 0.240 e. The van der Waals surface area contributed by atoms with Crippen LogP contribution in [-0.2, 0) is 34.0 Å². The van der Waals surface area contributed by atoms with Crippen LogP contribution in [0.2, 0.25) is 0 Å². The lowest BCUT2D eigenvalue weighted by molar-refractivity contribution is -0.121. The second-order valence-corrected chi connectivity index (χ2v) is 15.8. The molecule has 2 aliphatic heterocycles. The van der Waals surface area contributed by atoms with Crippen LogP contribution in [0.3, 0.4) is 0 Å². The average Bonchev–Trinajstić information content (AvgIpc) is 3.76. The number of thioether (sulfide) groups is 1. The number of phenolic OH excluding ortho intramolecular Hbond substituents is 1. The summed E-state index contributed by atoms with van der Waals surface area (Å²) in [7, 11) is 0. The van der Waals surface area contributed by atoms with Gasteiger partial charge in [-0.1, -0.05) is 54.6 Å². The molecule has 0 saturated heterocycles. The number of imidazole rings is 1. The molecule has 8 rings (SSSR count). The van der Waals surface area contributed by atoms with Crippen LogP contribution >= 0.6 is 11.8 Å². The normalized spacial score (nSPS) is 13.5. The molecule has 0 spiro atoms. The van der Waals surface area contributed by atoms with Crippen molar-refractivity contribution in [2.75, 3.05) is 22.1 Å². The Kier molecular flexibility index (Phi) is 12.7. The van der Waals surface area contributed by atoms with Gasteiger partial charge < -0.3 is 35.2 Å². The van der Waals surface area contributed by atoms with Crippen molar-refractivity contribution in [2.45, 2.75) is 39.3 Å². The number of aromatic hydroxyl groups is 1. The van der Waals surface area contributed by atoms with Crippen LogP contribution in [-0.4, -0.2) is 62.6 Å². The lowest BCUT2D eigenvalue weighted by Crippen LogP contribution is -2.34. The van der Waals surface area contributed by atoms with Crippen molar-refractivity contribution in [1.82, 2.24) is 15.3 Å². The van der Waals surface area contributed by atoms with Crippen LogP contribution in [0.1, 0.15) is 51.7 Å². The van der Waals surface area contributed by atoms with Crippen molar-refractivity contribution in [1.29, 1.82) is 0 Å². The summed E-state index contributed by atoms with van der Waals surface area (Å²) in [4.78, 5) is 66.2. The van der Waals surface area contributed by atoms with Gasteiger partial charge in [0.15, 0.2) is 23.8 Å². The molecule has 318 valence electrons. The number of ether oxygens (including phenoxy) is 1. The molecular formula is C47H42N8O7S. The Morgan fingerprint density at radius 2 is 1.73 bits per heavy atom. The fourth-order valence-electron chi connectivity index (χ4n) is 7.03. The third-order valence-corrected chi connectivity index (χ3v) is 11.2. The molecule has 3 heterocycles. The number of H-pyrrole nitrogens is 1. The lowest BCUT2D eigenvalue weighted by Gasteiger charge is -2.19. The summed E-state index contributed by atoms with van der Waals surface area (Å²) in [5.74, 6) is 1.48. The maximum atomic E-state index is 12.8. The molecule has 63 heavy (non-hydrogen) atoms. The second-order valence-electron chi connectivity index (χ2n) is 14.7. The van der Waals surface area contributed by atoms with E-state index in [-0.39, 0.29) is 35.2 Å². The first-order valence-corrected chi connectivity index (χ1v) is 21.1. The number of fused-ring (bicyclic) bond motifs is 3. The third-order valence-electron chi connectivity index (χ3n) is 10.3. The number of hydrogen-bond acceptors (Lipinski definition) is 13. The van der Waals surface area contributed by atoms with Gasteiger partial charge in [0.05, 0.1) is 18.6 Å². The number of nitrogens with two attached hydrogens (primary N) is 1. The number of amides is 2. The van der Waals surface area contributed by atoms with E-state index in [0.29, 0.717) is 93.8 Å². The Hall–Kier alpha value is -7.56. The predicted molar refractivity (Wildman–Crippen MR) is 244 cm³/mol. The molecule has 1 aromatic heterocycles. The number of nitrogens with one attached hydrogen (secondary N) is 4. The molecule has 0 bridgehead atoms. The molecule has 4 aromatic carbocycles. The number of hydrogen-bond donors (Lipinski definition) is 6. The van der Waals surface area contributed by atoms with E-state index in [4.69, 9.17) is 19.9 Å². The molecule has 1 atom stereocenters. The van der Waals surface area contributed by atoms with E-state index in [1.165, 1.54) is 36.0 Å². The molecule has 1 aliphatic carbocycles. The number of anilines is 2. The standard InChI is InChI=1S/C47H42N8O7S/c1-27(49-21-28-2-4-30(5-3-28)24-61-46-44-45(52-26-51-44)54-47(48)55-46)31-8-6-29(7-9-31)22-50-41(59)16-17-63-25-42(60)53-33-10-13-36(32(18-33)23-56)43-37-14-11-34(57)19-39(37)62-40-20-35(58)12-15-38(40)43/h2-15,18-20,23,26,47,54,57H,16-17,21-22,24-25,48H2,1H3,(H,50,59)(H,51,52)(H,53,60). The first-order chi connectivity index (χ1) is 30.6. The molecular weight excluding hydrogens is 821 g/mol. The van der Waals surface area contributed by atoms with E-state index in [1.807, 2.05) is 55.5 Å². The van der Waals surface area contributed by atoms with E-state index < -0.39 is 6.29 Å². The number of aldehydes is 1. The van der Waals surface area contributed by atoms with Gasteiger partial charge in [0.2, 0.25) is 17.7 Å². The molecule has 0 radical (unpaired) electrons. The van der Waals surface area contributed by atoms with Gasteiger partial charge in [-0.15, -0.1) is 0 Å². The SMILES string of the molecule is CC(=NCc1ccc(COC2=NC(N)Nc3nc[nH]c32)cc1)c1ccc(CNC(=O)CCSCC(=O)Nc2ccc(-c3c4ccc(=O)cc-4oc4cc(O)ccc34)c(C=O)c2)cc1. The number of benzene rings is 5. The molecule has 5 aromatic rings. The van der Waals surface area contributed by atoms with E-state index in [1.54, 1.807) is 36.7 Å². The fourth-order valence-corrected chi connectivity index (χ4v) is 7.76. The Labute approximate surface area is 365 Å². The van der Waals surface area contributed by atoms with Gasteiger partial charge in [0.1, 0.15) is 29.4 Å². The summed E-state index contributed by atoms with van der Waals surface area (Å²) < 4.78 is 11.8. The third kappa shape index (κ3) is 10.2. The van der Waals surface area contributed by atoms with Gasteiger partial charge in [-0.05, 0) is 71.1 Å². The van der Waals surface area contributed by atoms with Gasteiger partial charge in [0, 0.05) is 64.3 Å². The van der Waals surface area contributed by atoms with Gasteiger partial charge >= 0.3 is 0 Å². The molecule has 0 fully saturated rings. The zero-order valence-electron chi connectivity index (χ0n) is 34.0. The molecule has 7 N–H and O–H groups in total. The number of aromatic nitrogens is 2. The minimum Gasteiger partial charge on any atom is -0.508 e. The van der Waals surface area contributed by atoms with Gasteiger partial charge in [0.25, 0.3) is 0 Å². The minimum atomic E-state index is -0.616. The first kappa shape index (κ1) is 42.1. The number of carbonyl (C=O) groups is 3. The predicted octanol–water partition coefficient (Wildman–Crippen LogP) is 6.82. The number of aliphatic imine (C=N–C) groups is 2. The van der Waals surface area contributed by atoms with E-state index >= 15 is 0 Å². The Morgan fingerprint density at radius 3 is 2.54 bits per heavy atom. The van der Waals surface area contributed by atoms with Crippen LogP contribution in [0, 0.1) is 0 Å². The molecule has 1 unspecified atom stereocenters. The maximum absolute atomic E-state index is 12.8. The lowest BCUT2D eigenvalue weighted by atomic mass is 9.91. The van der Waals surface area contributed by atoms with Crippen LogP contribution in [0.25, 0.3) is 33.4 Å². The highest BCUT2D eigenvalue weighted by atomic mass is 32.2. The quantitative estimate of drug-likeness (QED) is 0.0271. The summed E-state index contributed by atoms with van der Waals surface area (Å²) in [5.41, 5.74) is 14.1. The first-order valence-electron chi connectivity index (χ1n) is 20.0. The van der Waals surface area contributed by atoms with Crippen molar-refractivity contribution >= 4 is 63.9 Å². The fraction of sp³-hybridized carbons (Fsp3) is 0.170. The number of carbonyl (C=O) groups excluding carboxylic acids is 3. The van der Waals surface area contributed by atoms with Crippen LogP contribution in [0.15, 0.2) is 129 Å². The van der Waals surface area contributed by atoms with Gasteiger partial charge in [-0.3, -0.25) is 29.9 Å². The highest BCUT2D eigenvalue weighted by molar-refractivity contribution is 7.99. The summed E-state index contributed by atoms with van der Waals surface area (Å²) in [6.07, 6.45) is 1.89. The summed E-state index contributed by atoms with van der Waals surface area (Å²) in [5, 5.41) is 19.4. The highest BCUT2D eigenvalue weighted by Gasteiger charge is 2.23. The maximum Gasteiger partial charge on any atom is 0.240 e.